The first-order valence-corrected chi connectivity index (χ1v) is 9.43. The van der Waals surface area contributed by atoms with Gasteiger partial charge in [0.1, 0.15) is 5.75 Å². The standard InChI is InChI=1S/C21H20N2O4S/c1-13-7-8-16(9-14(13)2)22-21-23(3)20(26)18(28-21)11-15-5-4-6-17(10-15)27-12-19(24)25/h4-11H,12H2,1-3H3,(H,24,25)/b18-11+,22-21?. The number of carbonyl (C=O) groups is 2. The highest BCUT2D eigenvalue weighted by molar-refractivity contribution is 8.18. The third-order valence-electron chi connectivity index (χ3n) is 4.24. The molecule has 0 aliphatic carbocycles. The molecule has 144 valence electrons. The van der Waals surface area contributed by atoms with Gasteiger partial charge in [-0.05, 0) is 72.6 Å². The van der Waals surface area contributed by atoms with Gasteiger partial charge in [0, 0.05) is 7.05 Å². The molecule has 0 bridgehead atoms. The second-order valence-corrected chi connectivity index (χ2v) is 7.40. The molecule has 0 atom stereocenters. The van der Waals surface area contributed by atoms with Crippen LogP contribution in [0.3, 0.4) is 0 Å². The minimum absolute atomic E-state index is 0.135. The number of benzene rings is 2. The van der Waals surface area contributed by atoms with Gasteiger partial charge in [-0.25, -0.2) is 9.79 Å². The summed E-state index contributed by atoms with van der Waals surface area (Å²) in [6.07, 6.45) is 1.75. The van der Waals surface area contributed by atoms with E-state index in [1.165, 1.54) is 22.2 Å². The van der Waals surface area contributed by atoms with Crippen LogP contribution in [0.15, 0.2) is 52.4 Å². The molecule has 1 saturated heterocycles. The second-order valence-electron chi connectivity index (χ2n) is 6.39. The van der Waals surface area contributed by atoms with Crippen molar-refractivity contribution in [1.82, 2.24) is 4.90 Å². The van der Waals surface area contributed by atoms with E-state index >= 15 is 0 Å². The number of hydrogen-bond acceptors (Lipinski definition) is 5. The van der Waals surface area contributed by atoms with Crippen LogP contribution in [0.1, 0.15) is 16.7 Å². The first-order valence-electron chi connectivity index (χ1n) is 8.61. The lowest BCUT2D eigenvalue weighted by molar-refractivity contribution is -0.139. The van der Waals surface area contributed by atoms with Crippen molar-refractivity contribution < 1.29 is 19.4 Å². The van der Waals surface area contributed by atoms with Gasteiger partial charge < -0.3 is 9.84 Å². The molecular formula is C21H20N2O4S. The van der Waals surface area contributed by atoms with Gasteiger partial charge >= 0.3 is 5.97 Å². The van der Waals surface area contributed by atoms with Crippen LogP contribution >= 0.6 is 11.8 Å². The predicted molar refractivity (Wildman–Crippen MR) is 111 cm³/mol. The van der Waals surface area contributed by atoms with Gasteiger partial charge in [-0.3, -0.25) is 9.69 Å². The van der Waals surface area contributed by atoms with E-state index in [-0.39, 0.29) is 5.91 Å². The largest absolute Gasteiger partial charge is 0.482 e. The van der Waals surface area contributed by atoms with Crippen LogP contribution in [0.25, 0.3) is 6.08 Å². The van der Waals surface area contributed by atoms with Crippen molar-refractivity contribution in [3.05, 3.63) is 64.1 Å². The smallest absolute Gasteiger partial charge is 0.341 e. The Bertz CT molecular complexity index is 998. The third-order valence-corrected chi connectivity index (χ3v) is 5.30. The zero-order valence-electron chi connectivity index (χ0n) is 15.8. The lowest BCUT2D eigenvalue weighted by atomic mass is 10.1. The molecule has 0 radical (unpaired) electrons. The predicted octanol–water partition coefficient (Wildman–Crippen LogP) is 4.00. The number of amides is 1. The van der Waals surface area contributed by atoms with E-state index in [2.05, 4.69) is 4.99 Å². The Morgan fingerprint density at radius 1 is 1.21 bits per heavy atom. The molecule has 1 aliphatic rings. The van der Waals surface area contributed by atoms with E-state index < -0.39 is 12.6 Å². The van der Waals surface area contributed by atoms with Gasteiger partial charge in [0.05, 0.1) is 10.6 Å². The van der Waals surface area contributed by atoms with Crippen LogP contribution in [0.4, 0.5) is 5.69 Å². The van der Waals surface area contributed by atoms with Gasteiger partial charge in [0.15, 0.2) is 11.8 Å². The highest BCUT2D eigenvalue weighted by atomic mass is 32.2. The SMILES string of the molecule is Cc1ccc(N=C2S/C(=C/c3cccc(OCC(=O)O)c3)C(=O)N2C)cc1C. The molecule has 3 rings (SSSR count). The molecule has 7 heteroatoms. The van der Waals surface area contributed by atoms with E-state index in [0.29, 0.717) is 15.8 Å². The van der Waals surface area contributed by atoms with Crippen molar-refractivity contribution in [1.29, 1.82) is 0 Å². The number of likely N-dealkylation sites (N-methyl/N-ethyl adjacent to an activating group) is 1. The normalized spacial score (nSPS) is 16.8. The molecule has 2 aromatic rings. The van der Waals surface area contributed by atoms with E-state index in [4.69, 9.17) is 9.84 Å². The summed E-state index contributed by atoms with van der Waals surface area (Å²) in [4.78, 5) is 29.9. The van der Waals surface area contributed by atoms with E-state index in [1.807, 2.05) is 38.1 Å². The Labute approximate surface area is 167 Å². The van der Waals surface area contributed by atoms with E-state index in [0.717, 1.165) is 16.8 Å². The minimum atomic E-state index is -1.04. The van der Waals surface area contributed by atoms with Crippen LogP contribution in [0, 0.1) is 13.8 Å². The van der Waals surface area contributed by atoms with Gasteiger partial charge in [-0.2, -0.15) is 0 Å². The Morgan fingerprint density at radius 3 is 2.71 bits per heavy atom. The van der Waals surface area contributed by atoms with Crippen molar-refractivity contribution in [3.63, 3.8) is 0 Å². The number of hydrogen-bond donors (Lipinski definition) is 1. The topological polar surface area (TPSA) is 79.2 Å². The summed E-state index contributed by atoms with van der Waals surface area (Å²) in [6, 6.07) is 12.9. The average Bonchev–Trinajstić information content (AvgIpc) is 2.91. The fraction of sp³-hybridized carbons (Fsp3) is 0.190. The number of amidine groups is 1. The molecule has 0 unspecified atom stereocenters. The van der Waals surface area contributed by atoms with Gasteiger partial charge in [-0.1, -0.05) is 18.2 Å². The van der Waals surface area contributed by atoms with Crippen molar-refractivity contribution in [2.45, 2.75) is 13.8 Å². The van der Waals surface area contributed by atoms with Crippen molar-refractivity contribution in [3.8, 4) is 5.75 Å². The number of aliphatic imine (C=N–C) groups is 1. The molecule has 2 aromatic carbocycles. The maximum absolute atomic E-state index is 12.6. The molecule has 6 nitrogen and oxygen atoms in total. The summed E-state index contributed by atoms with van der Waals surface area (Å²) in [5.74, 6) is -0.742. The summed E-state index contributed by atoms with van der Waals surface area (Å²) in [5, 5.41) is 9.33. The molecule has 0 spiro atoms. The lowest BCUT2D eigenvalue weighted by Gasteiger charge is -2.08. The number of nitrogens with zero attached hydrogens (tertiary/aromatic N) is 2. The Hall–Kier alpha value is -3.06. The molecule has 28 heavy (non-hydrogen) atoms. The monoisotopic (exact) mass is 396 g/mol. The van der Waals surface area contributed by atoms with Crippen LogP contribution in [0.2, 0.25) is 0 Å². The number of aliphatic carboxylic acids is 1. The Kier molecular flexibility index (Phi) is 5.84. The molecule has 1 amide bonds. The summed E-state index contributed by atoms with van der Waals surface area (Å²) in [6.45, 7) is 3.66. The molecule has 0 saturated carbocycles. The van der Waals surface area contributed by atoms with Gasteiger partial charge in [-0.15, -0.1) is 0 Å². The van der Waals surface area contributed by atoms with Gasteiger partial charge in [0.2, 0.25) is 0 Å². The fourth-order valence-corrected chi connectivity index (χ4v) is 3.53. The maximum atomic E-state index is 12.6. The zero-order valence-corrected chi connectivity index (χ0v) is 16.6. The summed E-state index contributed by atoms with van der Waals surface area (Å²) in [7, 11) is 1.70. The number of carboxylic acid groups (broad SMARTS) is 1. The summed E-state index contributed by atoms with van der Waals surface area (Å²) >= 11 is 1.30. The van der Waals surface area contributed by atoms with Crippen molar-refractivity contribution in [2.75, 3.05) is 13.7 Å². The number of ether oxygens (including phenoxy) is 1. The number of thioether (sulfide) groups is 1. The minimum Gasteiger partial charge on any atom is -0.482 e. The lowest BCUT2D eigenvalue weighted by Crippen LogP contribution is -2.23. The fourth-order valence-electron chi connectivity index (χ4n) is 2.55. The molecule has 0 aromatic heterocycles. The van der Waals surface area contributed by atoms with Crippen molar-refractivity contribution >= 4 is 40.6 Å². The second kappa shape index (κ2) is 8.31. The Morgan fingerprint density at radius 2 is 2.00 bits per heavy atom. The van der Waals surface area contributed by atoms with Crippen LogP contribution < -0.4 is 4.74 Å². The average molecular weight is 396 g/mol. The highest BCUT2D eigenvalue weighted by Crippen LogP contribution is 2.33. The van der Waals surface area contributed by atoms with Crippen molar-refractivity contribution in [2.24, 2.45) is 4.99 Å². The number of carbonyl (C=O) groups excluding carboxylic acids is 1. The molecular weight excluding hydrogens is 376 g/mol. The van der Waals surface area contributed by atoms with Crippen LogP contribution in [-0.4, -0.2) is 40.7 Å². The quantitative estimate of drug-likeness (QED) is 0.773. The number of rotatable bonds is 5. The van der Waals surface area contributed by atoms with E-state index in [1.54, 1.807) is 31.3 Å². The Balaban J connectivity index is 1.83. The zero-order chi connectivity index (χ0) is 20.3. The number of carboxylic acids is 1. The third kappa shape index (κ3) is 4.61. The van der Waals surface area contributed by atoms with Gasteiger partial charge in [0.25, 0.3) is 5.91 Å². The van der Waals surface area contributed by atoms with Crippen LogP contribution in [0.5, 0.6) is 5.75 Å². The molecule has 1 fully saturated rings. The summed E-state index contributed by atoms with van der Waals surface area (Å²) in [5.41, 5.74) is 3.89. The highest BCUT2D eigenvalue weighted by Gasteiger charge is 2.30. The first-order chi connectivity index (χ1) is 13.3. The van der Waals surface area contributed by atoms with Crippen LogP contribution in [-0.2, 0) is 9.59 Å². The number of aryl methyl sites for hydroxylation is 2. The molecule has 1 aliphatic heterocycles. The molecule has 1 heterocycles. The first kappa shape index (κ1) is 19.7. The van der Waals surface area contributed by atoms with E-state index in [9.17, 15) is 9.59 Å². The summed E-state index contributed by atoms with van der Waals surface area (Å²) < 4.78 is 5.19. The molecule has 1 N–H and O–H groups in total. The maximum Gasteiger partial charge on any atom is 0.341 e.